The van der Waals surface area contributed by atoms with Crippen molar-refractivity contribution in [3.63, 3.8) is 0 Å². The van der Waals surface area contributed by atoms with E-state index in [1.54, 1.807) is 0 Å². The molecule has 9 heteroatoms. The molecule has 0 atom stereocenters. The highest BCUT2D eigenvalue weighted by Crippen LogP contribution is 2.52. The van der Waals surface area contributed by atoms with Gasteiger partial charge in [-0.3, -0.25) is 19.1 Å². The average molecular weight is 1350 g/mol. The number of pyridine rings is 3. The van der Waals surface area contributed by atoms with Gasteiger partial charge in [-0.2, -0.15) is 0 Å². The lowest BCUT2D eigenvalue weighted by Crippen LogP contribution is -2.16. The molecule has 0 aliphatic heterocycles. The molecule has 0 saturated carbocycles. The number of nitrogens with zero attached hydrogens (tertiary/aromatic N) is 9. The molecule has 21 aromatic rings. The number of hydrogen-bond acceptors (Lipinski definition) is 5. The second-order valence-electron chi connectivity index (χ2n) is 27.1. The highest BCUT2D eigenvalue weighted by molar-refractivity contribution is 6.17. The van der Waals surface area contributed by atoms with Crippen molar-refractivity contribution in [1.29, 1.82) is 0 Å². The quantitative estimate of drug-likeness (QED) is 0.122. The van der Waals surface area contributed by atoms with Crippen LogP contribution in [-0.4, -0.2) is 43.2 Å². The first-order chi connectivity index (χ1) is 52.6. The molecule has 0 saturated heterocycles. The van der Waals surface area contributed by atoms with Crippen LogP contribution in [0.25, 0.3) is 200 Å². The summed E-state index contributed by atoms with van der Waals surface area (Å²) in [6.07, 6.45) is 7.86. The molecular weight excluding hydrogens is 1290 g/mol. The first-order valence-electron chi connectivity index (χ1n) is 35.9. The van der Waals surface area contributed by atoms with Crippen LogP contribution in [0, 0.1) is 0 Å². The van der Waals surface area contributed by atoms with Crippen LogP contribution < -0.4 is 0 Å². The fourth-order valence-corrected chi connectivity index (χ4v) is 16.4. The van der Waals surface area contributed by atoms with Gasteiger partial charge in [-0.1, -0.05) is 267 Å². The number of benzene rings is 13. The lowest BCUT2D eigenvalue weighted by Gasteiger charge is -2.27. The van der Waals surface area contributed by atoms with E-state index in [2.05, 4.69) is 364 Å². The van der Waals surface area contributed by atoms with Crippen molar-refractivity contribution >= 4 is 87.2 Å². The third kappa shape index (κ3) is 9.75. The molecule has 0 radical (unpaired) electrons. The van der Waals surface area contributed by atoms with Crippen molar-refractivity contribution in [2.24, 2.45) is 0 Å². The minimum absolute atomic E-state index is 0.558. The highest BCUT2D eigenvalue weighted by atomic mass is 15.2. The zero-order valence-corrected chi connectivity index (χ0v) is 57.2. The molecule has 494 valence electrons. The largest absolute Gasteiger partial charge is 0.305 e. The van der Waals surface area contributed by atoms with Gasteiger partial charge in [0.1, 0.15) is 11.4 Å². The van der Waals surface area contributed by atoms with Gasteiger partial charge in [0.2, 0.25) is 0 Å². The highest BCUT2D eigenvalue weighted by Gasteiger charge is 2.35. The van der Waals surface area contributed by atoms with E-state index >= 15 is 0 Å². The third-order valence-corrected chi connectivity index (χ3v) is 21.2. The van der Waals surface area contributed by atoms with Crippen LogP contribution in [0.2, 0.25) is 0 Å². The molecular formula is C97H61N9. The van der Waals surface area contributed by atoms with E-state index in [9.17, 15) is 0 Å². The predicted molar refractivity (Wildman–Crippen MR) is 436 cm³/mol. The minimum Gasteiger partial charge on any atom is -0.305 e. The summed E-state index contributed by atoms with van der Waals surface area (Å²) in [5.41, 5.74) is 24.4. The molecule has 0 N–H and O–H groups in total. The van der Waals surface area contributed by atoms with Crippen molar-refractivity contribution in [2.75, 3.05) is 0 Å². The van der Waals surface area contributed by atoms with E-state index in [0.717, 1.165) is 182 Å². The Hall–Kier alpha value is -14.4. The number of hydrogen-bond donors (Lipinski definition) is 0. The molecule has 0 amide bonds. The Bertz CT molecular complexity index is 6680. The van der Waals surface area contributed by atoms with Crippen LogP contribution in [0.3, 0.4) is 0 Å². The van der Waals surface area contributed by atoms with Crippen LogP contribution in [-0.2, 0) is 0 Å². The zero-order chi connectivity index (χ0) is 69.8. The maximum Gasteiger partial charge on any atom is 0.165 e. The van der Waals surface area contributed by atoms with Gasteiger partial charge in [-0.05, 0) is 129 Å². The van der Waals surface area contributed by atoms with E-state index in [1.807, 2.05) is 24.8 Å². The lowest BCUT2D eigenvalue weighted by molar-refractivity contribution is 0.960. The fourth-order valence-electron chi connectivity index (χ4n) is 16.4. The number of para-hydroxylation sites is 2. The van der Waals surface area contributed by atoms with Crippen molar-refractivity contribution < 1.29 is 0 Å². The second kappa shape index (κ2) is 24.7. The van der Waals surface area contributed by atoms with Crippen LogP contribution in [0.4, 0.5) is 0 Å². The van der Waals surface area contributed by atoms with Gasteiger partial charge in [-0.25, -0.2) is 15.0 Å². The summed E-state index contributed by atoms with van der Waals surface area (Å²) in [4.78, 5) is 28.0. The molecule has 106 heavy (non-hydrogen) atoms. The molecule has 0 unspecified atom stereocenters. The molecule has 0 spiro atoms. The Morgan fingerprint density at radius 3 is 0.896 bits per heavy atom. The van der Waals surface area contributed by atoms with E-state index in [-0.39, 0.29) is 0 Å². The third-order valence-electron chi connectivity index (χ3n) is 21.2. The van der Waals surface area contributed by atoms with E-state index in [1.165, 1.54) is 0 Å². The number of rotatable bonds is 12. The smallest absolute Gasteiger partial charge is 0.165 e. The number of fused-ring (bicyclic) bond motifs is 12. The summed E-state index contributed by atoms with van der Waals surface area (Å²) in [7, 11) is 0. The van der Waals surface area contributed by atoms with E-state index in [4.69, 9.17) is 24.9 Å². The van der Waals surface area contributed by atoms with Gasteiger partial charge >= 0.3 is 0 Å². The molecule has 0 bridgehead atoms. The summed E-state index contributed by atoms with van der Waals surface area (Å²) < 4.78 is 9.85. The van der Waals surface area contributed by atoms with Crippen molar-refractivity contribution in [2.45, 2.75) is 0 Å². The van der Waals surface area contributed by atoms with Crippen LogP contribution in [0.1, 0.15) is 0 Å². The van der Waals surface area contributed by atoms with Gasteiger partial charge in [0.15, 0.2) is 17.5 Å². The van der Waals surface area contributed by atoms with Crippen molar-refractivity contribution in [3.05, 3.63) is 371 Å². The maximum atomic E-state index is 6.70. The Balaban J connectivity index is 1.02. The molecule has 21 rings (SSSR count). The van der Waals surface area contributed by atoms with Crippen LogP contribution in [0.5, 0.6) is 0 Å². The van der Waals surface area contributed by atoms with Crippen molar-refractivity contribution in [1.82, 2.24) is 43.2 Å². The first-order valence-corrected chi connectivity index (χ1v) is 35.9. The monoisotopic (exact) mass is 1350 g/mol. The first kappa shape index (κ1) is 60.4. The van der Waals surface area contributed by atoms with Crippen molar-refractivity contribution in [3.8, 4) is 113 Å². The standard InChI is InChI=1S/C97H61N9/c1-7-25-62(26-8-1)68-43-47-86-76(55-68)77-56-69(63-27-9-2-10-28-63)44-48-87(77)104(86)94-92(74-39-19-20-40-75(74)95-100-82(66-33-15-5-16-34-66)59-83(101-95)67-35-17-6-18-36-67)93(103-84-41-23-21-37-72(84)80-60-98-53-51-90(80)103)97(102-96(94)105-85-42-24-22-38-73(85)81-61-99-54-52-91(81)105)106-88-49-45-70(64-29-11-3-12-30-64)57-78(88)79-58-71(46-50-89(79)106)65-31-13-4-14-32-65/h1-61H. The Kier molecular flexibility index (Phi) is 14.1. The summed E-state index contributed by atoms with van der Waals surface area (Å²) in [5.74, 6) is 1.93. The maximum absolute atomic E-state index is 6.70. The lowest BCUT2D eigenvalue weighted by atomic mass is 9.94. The Morgan fingerprint density at radius 2 is 0.500 bits per heavy atom. The zero-order valence-electron chi connectivity index (χ0n) is 57.2. The summed E-state index contributed by atoms with van der Waals surface area (Å²) >= 11 is 0. The molecule has 8 heterocycles. The predicted octanol–water partition coefficient (Wildman–Crippen LogP) is 24.4. The van der Waals surface area contributed by atoms with E-state index in [0.29, 0.717) is 17.5 Å². The average Bonchev–Trinajstić information content (AvgIpc) is 1.49. The SMILES string of the molecule is c1ccc(-c2ccc3c(c2)c2cc(-c4ccccc4)ccc2n3-c2nc(-n3c4ccccc4c4cnccc43)c(-n3c4ccc(-c5ccccc5)cc4c4cc(-c5ccccc5)ccc43)c(-c3ccccc3-c3nc(-c4ccccc4)cc(-c4ccccc4)n3)c2-n2c3ccccc3c3cnccc32)cc1. The fraction of sp³-hybridized carbons (Fsp3) is 0. The second-order valence-corrected chi connectivity index (χ2v) is 27.1. The van der Waals surface area contributed by atoms with Gasteiger partial charge in [0.25, 0.3) is 0 Å². The van der Waals surface area contributed by atoms with Gasteiger partial charge in [0, 0.05) is 90.1 Å². The molecule has 8 aromatic heterocycles. The summed E-state index contributed by atoms with van der Waals surface area (Å²) in [5, 5.41) is 8.40. The summed E-state index contributed by atoms with van der Waals surface area (Å²) in [6, 6.07) is 125. The van der Waals surface area contributed by atoms with E-state index < -0.39 is 0 Å². The molecule has 0 aliphatic rings. The topological polar surface area (TPSA) is 84.2 Å². The Morgan fingerprint density at radius 1 is 0.198 bits per heavy atom. The number of aromatic nitrogens is 9. The molecule has 0 aliphatic carbocycles. The molecule has 0 fully saturated rings. The normalized spacial score (nSPS) is 11.8. The molecule has 13 aromatic carbocycles. The van der Waals surface area contributed by atoms with Gasteiger partial charge < -0.3 is 9.13 Å². The minimum atomic E-state index is 0.558. The van der Waals surface area contributed by atoms with Crippen LogP contribution >= 0.6 is 0 Å². The van der Waals surface area contributed by atoms with Gasteiger partial charge in [0.05, 0.1) is 55.5 Å². The Labute approximate surface area is 609 Å². The molecule has 9 nitrogen and oxygen atoms in total. The van der Waals surface area contributed by atoms with Crippen LogP contribution in [0.15, 0.2) is 371 Å². The van der Waals surface area contributed by atoms with Gasteiger partial charge in [-0.15, -0.1) is 0 Å². The summed E-state index contributed by atoms with van der Waals surface area (Å²) in [6.45, 7) is 0.